The zero-order valence-corrected chi connectivity index (χ0v) is 36.5. The summed E-state index contributed by atoms with van der Waals surface area (Å²) in [5.41, 5.74) is -1.30. The van der Waals surface area contributed by atoms with Gasteiger partial charge in [-0.15, -0.1) is 5.10 Å². The van der Waals surface area contributed by atoms with Crippen LogP contribution in [0.5, 0.6) is 0 Å². The van der Waals surface area contributed by atoms with Crippen molar-refractivity contribution in [1.29, 1.82) is 0 Å². The van der Waals surface area contributed by atoms with Gasteiger partial charge in [-0.2, -0.15) is 0 Å². The first-order valence-corrected chi connectivity index (χ1v) is 20.9. The molecule has 2 N–H and O–H groups in total. The molecule has 3 fully saturated rings. The number of ether oxygens (including phenoxy) is 5. The minimum Gasteiger partial charge on any atom is -0.458 e. The summed E-state index contributed by atoms with van der Waals surface area (Å²) in [6, 6.07) is 3.88. The van der Waals surface area contributed by atoms with E-state index in [4.69, 9.17) is 23.7 Å². The first-order valence-electron chi connectivity index (χ1n) is 20.9. The number of aromatic nitrogens is 4. The first-order chi connectivity index (χ1) is 27.8. The number of cyclic esters (lactones) is 1. The largest absolute Gasteiger partial charge is 0.458 e. The smallest absolute Gasteiger partial charge is 0.410 e. The number of aliphatic hydroxyl groups excluding tert-OH is 1. The Bertz CT molecular complexity index is 1760. The van der Waals surface area contributed by atoms with Gasteiger partial charge >= 0.3 is 12.1 Å². The Labute approximate surface area is 347 Å². The van der Waals surface area contributed by atoms with Gasteiger partial charge in [-0.25, -0.2) is 4.79 Å². The number of methoxy groups -OCH3 is 1. The van der Waals surface area contributed by atoms with E-state index in [-0.39, 0.29) is 37.4 Å². The maximum absolute atomic E-state index is 14.4. The van der Waals surface area contributed by atoms with E-state index in [0.29, 0.717) is 37.2 Å². The average Bonchev–Trinajstić information content (AvgIpc) is 3.78. The molecule has 3 unspecified atom stereocenters. The monoisotopic (exact) mass is 827 g/mol. The topological polar surface area (TPSA) is 197 Å². The summed E-state index contributed by atoms with van der Waals surface area (Å²) in [4.78, 5) is 64.2. The molecular formula is C42H65N7O10. The lowest BCUT2D eigenvalue weighted by Gasteiger charge is -2.46. The number of nitrogens with zero attached hydrogens (tertiary/aromatic N) is 6. The second kappa shape index (κ2) is 19.1. The molecule has 17 heteroatoms. The average molecular weight is 828 g/mol. The van der Waals surface area contributed by atoms with Crippen LogP contribution in [0.15, 0.2) is 30.6 Å². The normalized spacial score (nSPS) is 36.4. The molecule has 17 nitrogen and oxygen atoms in total. The number of ketones is 1. The van der Waals surface area contributed by atoms with Crippen LogP contribution < -0.4 is 5.32 Å². The van der Waals surface area contributed by atoms with E-state index >= 15 is 0 Å². The van der Waals surface area contributed by atoms with Crippen molar-refractivity contribution in [3.05, 3.63) is 30.6 Å². The molecule has 328 valence electrons. The summed E-state index contributed by atoms with van der Waals surface area (Å²) in [5.74, 6) is -4.49. The zero-order chi connectivity index (χ0) is 43.4. The van der Waals surface area contributed by atoms with E-state index in [1.165, 1.54) is 14.0 Å². The van der Waals surface area contributed by atoms with Crippen LogP contribution in [-0.2, 0) is 44.6 Å². The standard InChI is InChI=1S/C42H65N7O10/c1-12-32-42(8)35(49(40(54)59-42)20-16-15-19-48-23-30(45-46-48)29-17-13-14-18-43-29)28(6)44-37(52)24(2)22-41(7,55-11)36(26(4)33(50)27(5)38(53)57-32)58-39-34(51)31(47(9)10)21-25(3)56-39/h13-14,17-18,23-28,31-32,34-36,39,51H,12,15-16,19-22H2,1-11H3,(H,44,52)/t24-,25?,26-,27-,28-,31?,32-,34?,35-,36-,39+,41-,42-/m1/s1. The number of Topliss-reactive ketones (excluding diaryl/α,β-unsaturated/α-hetero) is 1. The number of hydrogen-bond acceptors (Lipinski definition) is 14. The van der Waals surface area contributed by atoms with Gasteiger partial charge in [0.2, 0.25) is 5.91 Å². The van der Waals surface area contributed by atoms with Crippen LogP contribution in [0.1, 0.15) is 87.5 Å². The highest BCUT2D eigenvalue weighted by Crippen LogP contribution is 2.40. The van der Waals surface area contributed by atoms with Gasteiger partial charge in [0.1, 0.15) is 23.8 Å². The fourth-order valence-corrected chi connectivity index (χ4v) is 9.14. The number of hydrogen-bond donors (Lipinski definition) is 2. The molecule has 0 radical (unpaired) electrons. The molecular weight excluding hydrogens is 763 g/mol. The van der Waals surface area contributed by atoms with Gasteiger partial charge in [-0.1, -0.05) is 32.1 Å². The Morgan fingerprint density at radius 2 is 1.75 bits per heavy atom. The van der Waals surface area contributed by atoms with Gasteiger partial charge in [-0.05, 0) is 93.0 Å². The number of rotatable bonds is 11. The van der Waals surface area contributed by atoms with Crippen LogP contribution in [0, 0.1) is 17.8 Å². The molecule has 3 saturated heterocycles. The maximum atomic E-state index is 14.4. The van der Waals surface area contributed by atoms with Crippen molar-refractivity contribution in [1.82, 2.24) is 35.1 Å². The van der Waals surface area contributed by atoms with Crippen molar-refractivity contribution in [2.45, 2.75) is 154 Å². The number of fused-ring (bicyclic) bond motifs is 1. The Kier molecular flexibility index (Phi) is 14.9. The SMILES string of the molecule is CC[C@H]1OC(=O)[C@H](C)C(=O)[C@@H](C)[C@@H](O[C@@H]2OC(C)CC(N(C)C)C2O)[C@](C)(OC)C[C@@H](C)C(=O)N[C@H](C)[C@H]2N(CCCCn3cc(-c4ccccn4)nn3)C(=O)O[C@]12C. The van der Waals surface area contributed by atoms with Crippen LogP contribution in [0.2, 0.25) is 0 Å². The molecule has 3 aliphatic heterocycles. The van der Waals surface area contributed by atoms with Crippen LogP contribution in [0.3, 0.4) is 0 Å². The van der Waals surface area contributed by atoms with Crippen molar-refractivity contribution in [3.8, 4) is 11.4 Å². The highest BCUT2D eigenvalue weighted by atomic mass is 16.7. The van der Waals surface area contributed by atoms with E-state index in [1.54, 1.807) is 43.5 Å². The van der Waals surface area contributed by atoms with Gasteiger partial charge in [0.25, 0.3) is 0 Å². The highest BCUT2D eigenvalue weighted by molar-refractivity contribution is 6.00. The van der Waals surface area contributed by atoms with Gasteiger partial charge in [0.15, 0.2) is 17.7 Å². The lowest BCUT2D eigenvalue weighted by molar-refractivity contribution is -0.295. The summed E-state index contributed by atoms with van der Waals surface area (Å²) in [7, 11) is 5.21. The lowest BCUT2D eigenvalue weighted by atomic mass is 9.78. The molecule has 2 aromatic rings. The molecule has 0 bridgehead atoms. The number of likely N-dealkylation sites (N-methyl/N-ethyl adjacent to an activating group) is 1. The number of carbonyl (C=O) groups excluding carboxylic acids is 4. The Morgan fingerprint density at radius 3 is 2.39 bits per heavy atom. The van der Waals surface area contributed by atoms with E-state index < -0.39 is 83.5 Å². The Morgan fingerprint density at radius 1 is 1.03 bits per heavy atom. The number of unbranched alkanes of at least 4 members (excludes halogenated alkanes) is 1. The fraction of sp³-hybridized carbons (Fsp3) is 0.738. The number of carbonyl (C=O) groups is 4. The number of esters is 1. The third kappa shape index (κ3) is 9.96. The Hall–Kier alpha value is -4.03. The van der Waals surface area contributed by atoms with Crippen molar-refractivity contribution >= 4 is 23.8 Å². The number of aliphatic hydroxyl groups is 1. The lowest BCUT2D eigenvalue weighted by Crippen LogP contribution is -2.61. The second-order valence-corrected chi connectivity index (χ2v) is 17.3. The fourth-order valence-electron chi connectivity index (χ4n) is 9.14. The molecule has 5 heterocycles. The molecule has 2 aromatic heterocycles. The number of nitrogens with one attached hydrogen (secondary N) is 1. The molecule has 59 heavy (non-hydrogen) atoms. The minimum atomic E-state index is -1.39. The van der Waals surface area contributed by atoms with E-state index in [0.717, 1.165) is 0 Å². The van der Waals surface area contributed by atoms with Gasteiger partial charge < -0.3 is 39.0 Å². The minimum absolute atomic E-state index is 0.0989. The molecule has 5 rings (SSSR count). The molecule has 0 saturated carbocycles. The third-order valence-corrected chi connectivity index (χ3v) is 12.5. The predicted molar refractivity (Wildman–Crippen MR) is 215 cm³/mol. The number of aryl methyl sites for hydroxylation is 1. The summed E-state index contributed by atoms with van der Waals surface area (Å²) >= 11 is 0. The van der Waals surface area contributed by atoms with Crippen LogP contribution in [0.4, 0.5) is 4.79 Å². The van der Waals surface area contributed by atoms with Crippen molar-refractivity contribution in [3.63, 3.8) is 0 Å². The van der Waals surface area contributed by atoms with Crippen molar-refractivity contribution < 1.29 is 48.0 Å². The number of pyridine rings is 1. The molecule has 0 aliphatic carbocycles. The predicted octanol–water partition coefficient (Wildman–Crippen LogP) is 3.62. The van der Waals surface area contributed by atoms with E-state index in [9.17, 15) is 24.3 Å². The highest BCUT2D eigenvalue weighted by Gasteiger charge is 2.59. The molecule has 0 spiro atoms. The third-order valence-electron chi connectivity index (χ3n) is 12.5. The molecule has 2 amide bonds. The van der Waals surface area contributed by atoms with Gasteiger partial charge in [0, 0.05) is 44.3 Å². The molecule has 0 aromatic carbocycles. The first kappa shape index (κ1) is 46.0. The Balaban J connectivity index is 1.41. The maximum Gasteiger partial charge on any atom is 0.410 e. The summed E-state index contributed by atoms with van der Waals surface area (Å²) in [6.45, 7) is 14.7. The summed E-state index contributed by atoms with van der Waals surface area (Å²) < 4.78 is 32.9. The van der Waals surface area contributed by atoms with Gasteiger partial charge in [0.05, 0.1) is 41.8 Å². The van der Waals surface area contributed by atoms with Crippen molar-refractivity contribution in [2.24, 2.45) is 17.8 Å². The quantitative estimate of drug-likeness (QED) is 0.189. The van der Waals surface area contributed by atoms with Gasteiger partial charge in [-0.3, -0.25) is 28.9 Å². The zero-order valence-electron chi connectivity index (χ0n) is 36.5. The van der Waals surface area contributed by atoms with E-state index in [1.807, 2.05) is 64.2 Å². The van der Waals surface area contributed by atoms with E-state index in [2.05, 4.69) is 20.6 Å². The van der Waals surface area contributed by atoms with Crippen molar-refractivity contribution in [2.75, 3.05) is 27.7 Å². The number of amides is 2. The summed E-state index contributed by atoms with van der Waals surface area (Å²) in [5, 5.41) is 23.0. The van der Waals surface area contributed by atoms with Crippen LogP contribution >= 0.6 is 0 Å². The van der Waals surface area contributed by atoms with Crippen LogP contribution in [-0.4, -0.2) is 146 Å². The molecule has 13 atom stereocenters. The summed E-state index contributed by atoms with van der Waals surface area (Å²) in [6.07, 6.45) is 0.588. The molecule has 3 aliphatic rings. The second-order valence-electron chi connectivity index (χ2n) is 17.3. The van der Waals surface area contributed by atoms with Crippen LogP contribution in [0.25, 0.3) is 11.4 Å².